The Bertz CT molecular complexity index is 508. The van der Waals surface area contributed by atoms with Gasteiger partial charge in [-0.05, 0) is 18.6 Å². The van der Waals surface area contributed by atoms with E-state index in [1.165, 1.54) is 16.8 Å². The standard InChI is InChI=1S/C12H17FN4O/c1-3-4-10(8-18-2)14-12-15-11-6-5-9(13)7-17(11)16-12/h5-7,10H,3-4,8H2,1-2H3,(H,14,16). The van der Waals surface area contributed by atoms with Crippen molar-refractivity contribution < 1.29 is 9.13 Å². The number of nitrogens with one attached hydrogen (secondary N) is 1. The molecule has 2 aromatic heterocycles. The Morgan fingerprint density at radius 3 is 3.06 bits per heavy atom. The number of anilines is 1. The van der Waals surface area contributed by atoms with E-state index in [0.29, 0.717) is 18.2 Å². The minimum atomic E-state index is -0.332. The minimum Gasteiger partial charge on any atom is -0.383 e. The number of aromatic nitrogens is 3. The fraction of sp³-hybridized carbons (Fsp3) is 0.500. The van der Waals surface area contributed by atoms with Crippen molar-refractivity contribution in [1.82, 2.24) is 14.6 Å². The molecule has 0 saturated heterocycles. The van der Waals surface area contributed by atoms with Crippen LogP contribution in [0.1, 0.15) is 19.8 Å². The molecule has 0 spiro atoms. The first-order valence-electron chi connectivity index (χ1n) is 6.00. The fourth-order valence-electron chi connectivity index (χ4n) is 1.85. The lowest BCUT2D eigenvalue weighted by atomic mass is 10.2. The highest BCUT2D eigenvalue weighted by Crippen LogP contribution is 2.10. The molecule has 1 atom stereocenters. The summed E-state index contributed by atoms with van der Waals surface area (Å²) in [5, 5.41) is 7.38. The van der Waals surface area contributed by atoms with Crippen LogP contribution in [-0.2, 0) is 4.74 Å². The zero-order chi connectivity index (χ0) is 13.0. The summed E-state index contributed by atoms with van der Waals surface area (Å²) in [4.78, 5) is 4.28. The molecule has 0 fully saturated rings. The molecule has 1 unspecified atom stereocenters. The number of methoxy groups -OCH3 is 1. The van der Waals surface area contributed by atoms with Crippen LogP contribution in [0.15, 0.2) is 18.3 Å². The van der Waals surface area contributed by atoms with Crippen molar-refractivity contribution in [2.45, 2.75) is 25.8 Å². The van der Waals surface area contributed by atoms with E-state index in [9.17, 15) is 4.39 Å². The number of nitrogens with zero attached hydrogens (tertiary/aromatic N) is 3. The average Bonchev–Trinajstić information content (AvgIpc) is 2.71. The van der Waals surface area contributed by atoms with Crippen LogP contribution in [0.5, 0.6) is 0 Å². The van der Waals surface area contributed by atoms with E-state index in [1.54, 1.807) is 13.2 Å². The molecule has 5 nitrogen and oxygen atoms in total. The molecule has 0 aliphatic heterocycles. The Morgan fingerprint density at radius 1 is 1.50 bits per heavy atom. The van der Waals surface area contributed by atoms with Crippen LogP contribution in [-0.4, -0.2) is 34.4 Å². The maximum Gasteiger partial charge on any atom is 0.243 e. The molecule has 18 heavy (non-hydrogen) atoms. The molecule has 0 aromatic carbocycles. The first-order chi connectivity index (χ1) is 8.72. The molecular formula is C12H17FN4O. The predicted molar refractivity (Wildman–Crippen MR) is 67.1 cm³/mol. The van der Waals surface area contributed by atoms with Gasteiger partial charge in [-0.1, -0.05) is 13.3 Å². The Kier molecular flexibility index (Phi) is 4.09. The van der Waals surface area contributed by atoms with Crippen LogP contribution in [0.4, 0.5) is 10.3 Å². The highest BCUT2D eigenvalue weighted by Gasteiger charge is 2.11. The first-order valence-corrected chi connectivity index (χ1v) is 6.00. The zero-order valence-corrected chi connectivity index (χ0v) is 10.6. The lowest BCUT2D eigenvalue weighted by Gasteiger charge is -2.15. The molecule has 98 valence electrons. The summed E-state index contributed by atoms with van der Waals surface area (Å²) in [5.74, 6) is 0.164. The number of pyridine rings is 1. The van der Waals surface area contributed by atoms with Crippen LogP contribution in [0.25, 0.3) is 5.65 Å². The largest absolute Gasteiger partial charge is 0.383 e. The maximum atomic E-state index is 13.0. The SMILES string of the molecule is CCCC(COC)Nc1nc2ccc(F)cn2n1. The van der Waals surface area contributed by atoms with Gasteiger partial charge in [0.25, 0.3) is 0 Å². The lowest BCUT2D eigenvalue weighted by Crippen LogP contribution is -2.25. The number of halogens is 1. The van der Waals surface area contributed by atoms with E-state index in [0.717, 1.165) is 12.8 Å². The molecule has 2 aromatic rings. The highest BCUT2D eigenvalue weighted by atomic mass is 19.1. The summed E-state index contributed by atoms with van der Waals surface area (Å²) in [6, 6.07) is 3.13. The van der Waals surface area contributed by atoms with Crippen molar-refractivity contribution in [1.29, 1.82) is 0 Å². The minimum absolute atomic E-state index is 0.169. The van der Waals surface area contributed by atoms with Gasteiger partial charge in [-0.25, -0.2) is 8.91 Å². The van der Waals surface area contributed by atoms with Gasteiger partial charge in [0.1, 0.15) is 5.82 Å². The summed E-state index contributed by atoms with van der Waals surface area (Å²) in [7, 11) is 1.66. The smallest absolute Gasteiger partial charge is 0.243 e. The Morgan fingerprint density at radius 2 is 2.33 bits per heavy atom. The quantitative estimate of drug-likeness (QED) is 0.855. The number of fused-ring (bicyclic) bond motifs is 1. The van der Waals surface area contributed by atoms with Gasteiger partial charge >= 0.3 is 0 Å². The first kappa shape index (κ1) is 12.8. The summed E-state index contributed by atoms with van der Waals surface area (Å²) in [5.41, 5.74) is 0.617. The van der Waals surface area contributed by atoms with E-state index in [2.05, 4.69) is 22.3 Å². The monoisotopic (exact) mass is 252 g/mol. The highest BCUT2D eigenvalue weighted by molar-refractivity contribution is 5.43. The molecule has 2 heterocycles. The molecule has 0 saturated carbocycles. The zero-order valence-electron chi connectivity index (χ0n) is 10.6. The predicted octanol–water partition coefficient (Wildman–Crippen LogP) is 2.10. The summed E-state index contributed by atoms with van der Waals surface area (Å²) in [6.07, 6.45) is 3.32. The summed E-state index contributed by atoms with van der Waals surface area (Å²) < 4.78 is 19.6. The topological polar surface area (TPSA) is 51.5 Å². The molecule has 0 aliphatic carbocycles. The third-order valence-corrected chi connectivity index (χ3v) is 2.63. The van der Waals surface area contributed by atoms with Gasteiger partial charge in [-0.3, -0.25) is 0 Å². The van der Waals surface area contributed by atoms with Gasteiger partial charge < -0.3 is 10.1 Å². The fourth-order valence-corrected chi connectivity index (χ4v) is 1.85. The Hall–Kier alpha value is -1.69. The van der Waals surface area contributed by atoms with Crippen molar-refractivity contribution in [3.8, 4) is 0 Å². The van der Waals surface area contributed by atoms with Crippen molar-refractivity contribution >= 4 is 11.6 Å². The van der Waals surface area contributed by atoms with E-state index in [-0.39, 0.29) is 11.9 Å². The second-order valence-corrected chi connectivity index (χ2v) is 4.17. The molecule has 2 rings (SSSR count). The van der Waals surface area contributed by atoms with E-state index in [1.807, 2.05) is 0 Å². The average molecular weight is 252 g/mol. The molecule has 0 bridgehead atoms. The third kappa shape index (κ3) is 2.95. The Labute approximate surface area is 105 Å². The number of hydrogen-bond acceptors (Lipinski definition) is 4. The van der Waals surface area contributed by atoms with Crippen LogP contribution in [0.3, 0.4) is 0 Å². The molecule has 1 N–H and O–H groups in total. The van der Waals surface area contributed by atoms with Gasteiger partial charge in [0.2, 0.25) is 5.95 Å². The lowest BCUT2D eigenvalue weighted by molar-refractivity contribution is 0.182. The number of hydrogen-bond donors (Lipinski definition) is 1. The van der Waals surface area contributed by atoms with Crippen molar-refractivity contribution in [2.24, 2.45) is 0 Å². The van der Waals surface area contributed by atoms with Gasteiger partial charge in [0.15, 0.2) is 5.65 Å². The molecule has 6 heteroatoms. The van der Waals surface area contributed by atoms with Crippen LogP contribution >= 0.6 is 0 Å². The van der Waals surface area contributed by atoms with Crippen LogP contribution < -0.4 is 5.32 Å². The van der Waals surface area contributed by atoms with Gasteiger partial charge in [-0.2, -0.15) is 4.98 Å². The summed E-state index contributed by atoms with van der Waals surface area (Å²) in [6.45, 7) is 2.70. The second kappa shape index (κ2) is 5.77. The van der Waals surface area contributed by atoms with Gasteiger partial charge in [0, 0.05) is 7.11 Å². The van der Waals surface area contributed by atoms with E-state index in [4.69, 9.17) is 4.74 Å². The maximum absolute atomic E-state index is 13.0. The number of ether oxygens (including phenoxy) is 1. The van der Waals surface area contributed by atoms with E-state index >= 15 is 0 Å². The second-order valence-electron chi connectivity index (χ2n) is 4.17. The molecule has 0 radical (unpaired) electrons. The molecule has 0 amide bonds. The van der Waals surface area contributed by atoms with E-state index < -0.39 is 0 Å². The Balaban J connectivity index is 2.14. The van der Waals surface area contributed by atoms with Gasteiger partial charge in [0.05, 0.1) is 18.8 Å². The number of rotatable bonds is 6. The van der Waals surface area contributed by atoms with Crippen molar-refractivity contribution in [2.75, 3.05) is 19.0 Å². The van der Waals surface area contributed by atoms with Crippen molar-refractivity contribution in [3.05, 3.63) is 24.1 Å². The summed E-state index contributed by atoms with van der Waals surface area (Å²) >= 11 is 0. The normalized spacial score (nSPS) is 12.8. The molecular weight excluding hydrogens is 235 g/mol. The van der Waals surface area contributed by atoms with Crippen LogP contribution in [0.2, 0.25) is 0 Å². The van der Waals surface area contributed by atoms with Gasteiger partial charge in [-0.15, -0.1) is 5.10 Å². The van der Waals surface area contributed by atoms with Crippen molar-refractivity contribution in [3.63, 3.8) is 0 Å². The third-order valence-electron chi connectivity index (χ3n) is 2.63. The van der Waals surface area contributed by atoms with Crippen LogP contribution in [0, 0.1) is 5.82 Å². The molecule has 0 aliphatic rings.